The highest BCUT2D eigenvalue weighted by molar-refractivity contribution is 5.92. The molecule has 0 spiro atoms. The molecule has 2 amide bonds. The van der Waals surface area contributed by atoms with Gasteiger partial charge in [0.1, 0.15) is 5.60 Å². The van der Waals surface area contributed by atoms with Crippen molar-refractivity contribution in [2.45, 2.75) is 63.5 Å². The molecule has 2 aliphatic heterocycles. The van der Waals surface area contributed by atoms with E-state index in [1.807, 2.05) is 51.1 Å². The fourth-order valence-electron chi connectivity index (χ4n) is 4.31. The number of ether oxygens (including phenoxy) is 1. The normalized spacial score (nSPS) is 21.7. The van der Waals surface area contributed by atoms with E-state index in [2.05, 4.69) is 0 Å². The number of rotatable bonds is 3. The molecule has 3 rings (SSSR count). The van der Waals surface area contributed by atoms with E-state index in [1.165, 1.54) is 4.90 Å². The van der Waals surface area contributed by atoms with Gasteiger partial charge in [0.15, 0.2) is 0 Å². The number of carboxylic acid groups (broad SMARTS) is 1. The lowest BCUT2D eigenvalue weighted by Gasteiger charge is -2.44. The largest absolute Gasteiger partial charge is 0.548 e. The molecule has 29 heavy (non-hydrogen) atoms. The predicted octanol–water partition coefficient (Wildman–Crippen LogP) is 1.70. The van der Waals surface area contributed by atoms with Gasteiger partial charge in [-0.15, -0.1) is 0 Å². The summed E-state index contributed by atoms with van der Waals surface area (Å²) in [6.45, 7) is 6.63. The smallest absolute Gasteiger partial charge is 0.410 e. The molecule has 158 valence electrons. The van der Waals surface area contributed by atoms with Crippen LogP contribution < -0.4 is 5.11 Å². The molecule has 1 atom stereocenters. The Labute approximate surface area is 171 Å². The first-order valence-electron chi connectivity index (χ1n) is 10.2. The monoisotopic (exact) mass is 401 g/mol. The Morgan fingerprint density at radius 3 is 2.24 bits per heavy atom. The van der Waals surface area contributed by atoms with Crippen LogP contribution in [0.2, 0.25) is 0 Å². The zero-order chi connectivity index (χ0) is 21.2. The molecule has 7 heteroatoms. The molecule has 0 aromatic heterocycles. The number of piperidine rings is 1. The van der Waals surface area contributed by atoms with Crippen LogP contribution in [-0.4, -0.2) is 59.0 Å². The Morgan fingerprint density at radius 2 is 1.69 bits per heavy atom. The zero-order valence-electron chi connectivity index (χ0n) is 17.3. The van der Waals surface area contributed by atoms with Gasteiger partial charge in [0.05, 0.1) is 17.4 Å². The molecule has 0 aliphatic carbocycles. The van der Waals surface area contributed by atoms with E-state index in [4.69, 9.17) is 4.74 Å². The highest BCUT2D eigenvalue weighted by Crippen LogP contribution is 2.39. The van der Waals surface area contributed by atoms with Crippen molar-refractivity contribution in [1.29, 1.82) is 0 Å². The first-order valence-corrected chi connectivity index (χ1v) is 10.2. The molecule has 1 aromatic carbocycles. The number of hydrogen-bond acceptors (Lipinski definition) is 5. The number of carbonyl (C=O) groups is 3. The molecule has 0 radical (unpaired) electrons. The number of nitrogens with zero attached hydrogens (tertiary/aromatic N) is 2. The second-order valence-corrected chi connectivity index (χ2v) is 8.89. The van der Waals surface area contributed by atoms with Crippen LogP contribution in [0.25, 0.3) is 0 Å². The van der Waals surface area contributed by atoms with Gasteiger partial charge in [-0.3, -0.25) is 4.79 Å². The molecule has 0 bridgehead atoms. The van der Waals surface area contributed by atoms with Crippen LogP contribution in [0.1, 0.15) is 52.0 Å². The minimum atomic E-state index is -1.20. The lowest BCUT2D eigenvalue weighted by atomic mass is 9.71. The number of carbonyl (C=O) groups excluding carboxylic acids is 3. The third-order valence-electron chi connectivity index (χ3n) is 5.79. The summed E-state index contributed by atoms with van der Waals surface area (Å²) in [7, 11) is 0. The fraction of sp³-hybridized carbons (Fsp3) is 0.591. The first-order chi connectivity index (χ1) is 13.6. The highest BCUT2D eigenvalue weighted by atomic mass is 16.6. The Bertz CT molecular complexity index is 763. The van der Waals surface area contributed by atoms with Crippen molar-refractivity contribution in [2.24, 2.45) is 0 Å². The van der Waals surface area contributed by atoms with Gasteiger partial charge in [0.2, 0.25) is 5.91 Å². The average Bonchev–Trinajstić information content (AvgIpc) is 3.17. The van der Waals surface area contributed by atoms with Crippen molar-refractivity contribution in [1.82, 2.24) is 9.80 Å². The summed E-state index contributed by atoms with van der Waals surface area (Å²) in [5.74, 6) is -1.38. The number of hydrogen-bond donors (Lipinski definition) is 0. The molecular weight excluding hydrogens is 372 g/mol. The number of aliphatic carboxylic acids is 1. The molecular formula is C22H29N2O5-. The summed E-state index contributed by atoms with van der Waals surface area (Å²) >= 11 is 0. The third kappa shape index (κ3) is 4.38. The standard InChI is InChI=1S/C22H30N2O5/c1-21(2,3)29-20(28)23-14-11-22(12-15-23,16-8-5-4-6-9-16)19(27)24-13-7-10-17(24)18(25)26/h4-6,8-9,17H,7,10-15H2,1-3H3,(H,25,26)/p-1/t17-/m0/s1. The molecule has 2 aliphatic rings. The highest BCUT2D eigenvalue weighted by Gasteiger charge is 2.48. The molecule has 2 saturated heterocycles. The van der Waals surface area contributed by atoms with Gasteiger partial charge in [0.25, 0.3) is 0 Å². The lowest BCUT2D eigenvalue weighted by Crippen LogP contribution is -2.57. The van der Waals surface area contributed by atoms with E-state index in [-0.39, 0.29) is 12.0 Å². The van der Waals surface area contributed by atoms with E-state index in [1.54, 1.807) is 4.90 Å². The van der Waals surface area contributed by atoms with Gasteiger partial charge in [-0.2, -0.15) is 0 Å². The van der Waals surface area contributed by atoms with Crippen LogP contribution in [0, 0.1) is 0 Å². The zero-order valence-corrected chi connectivity index (χ0v) is 17.3. The maximum Gasteiger partial charge on any atom is 0.410 e. The predicted molar refractivity (Wildman–Crippen MR) is 105 cm³/mol. The van der Waals surface area contributed by atoms with Crippen molar-refractivity contribution in [3.8, 4) is 0 Å². The van der Waals surface area contributed by atoms with E-state index < -0.39 is 23.0 Å². The van der Waals surface area contributed by atoms with Gasteiger partial charge in [-0.25, -0.2) is 4.79 Å². The SMILES string of the molecule is CC(C)(C)OC(=O)N1CCC(C(=O)N2CCC[C@H]2C(=O)[O-])(c2ccccc2)CC1. The summed E-state index contributed by atoms with van der Waals surface area (Å²) in [4.78, 5) is 40.7. The molecule has 0 saturated carbocycles. The molecule has 0 unspecified atom stereocenters. The van der Waals surface area contributed by atoms with E-state index >= 15 is 0 Å². The van der Waals surface area contributed by atoms with Crippen LogP contribution in [0.3, 0.4) is 0 Å². The Kier molecular flexibility index (Phi) is 5.87. The summed E-state index contributed by atoms with van der Waals surface area (Å²) in [5.41, 5.74) is -0.575. The van der Waals surface area contributed by atoms with Crippen molar-refractivity contribution in [2.75, 3.05) is 19.6 Å². The summed E-state index contributed by atoms with van der Waals surface area (Å²) in [6.07, 6.45) is 1.53. The van der Waals surface area contributed by atoms with Crippen molar-refractivity contribution < 1.29 is 24.2 Å². The van der Waals surface area contributed by atoms with Crippen molar-refractivity contribution >= 4 is 18.0 Å². The maximum atomic E-state index is 13.6. The molecule has 2 fully saturated rings. The number of benzene rings is 1. The lowest BCUT2D eigenvalue weighted by molar-refractivity contribution is -0.310. The quantitative estimate of drug-likeness (QED) is 0.769. The van der Waals surface area contributed by atoms with E-state index in [0.717, 1.165) is 5.56 Å². The Morgan fingerprint density at radius 1 is 1.07 bits per heavy atom. The van der Waals surface area contributed by atoms with Crippen molar-refractivity contribution in [3.63, 3.8) is 0 Å². The molecule has 0 N–H and O–H groups in total. The minimum Gasteiger partial charge on any atom is -0.548 e. The fourth-order valence-corrected chi connectivity index (χ4v) is 4.31. The van der Waals surface area contributed by atoms with E-state index in [0.29, 0.717) is 45.3 Å². The van der Waals surface area contributed by atoms with Gasteiger partial charge < -0.3 is 24.4 Å². The van der Waals surface area contributed by atoms with Gasteiger partial charge in [0, 0.05) is 19.6 Å². The Balaban J connectivity index is 1.85. The first kappa shape index (κ1) is 21.1. The molecule has 1 aromatic rings. The summed E-state index contributed by atoms with van der Waals surface area (Å²) in [6, 6.07) is 8.58. The number of amides is 2. The Hall–Kier alpha value is -2.57. The topological polar surface area (TPSA) is 90.0 Å². The third-order valence-corrected chi connectivity index (χ3v) is 5.79. The van der Waals surface area contributed by atoms with Gasteiger partial charge in [-0.1, -0.05) is 30.3 Å². The second-order valence-electron chi connectivity index (χ2n) is 8.89. The molecule has 7 nitrogen and oxygen atoms in total. The summed E-state index contributed by atoms with van der Waals surface area (Å²) in [5, 5.41) is 11.5. The van der Waals surface area contributed by atoms with Crippen LogP contribution in [-0.2, 0) is 19.7 Å². The maximum absolute atomic E-state index is 13.6. The molecule has 2 heterocycles. The summed E-state index contributed by atoms with van der Waals surface area (Å²) < 4.78 is 5.47. The number of likely N-dealkylation sites (tertiary alicyclic amines) is 2. The van der Waals surface area contributed by atoms with E-state index in [9.17, 15) is 19.5 Å². The van der Waals surface area contributed by atoms with Crippen molar-refractivity contribution in [3.05, 3.63) is 35.9 Å². The number of carboxylic acids is 1. The minimum absolute atomic E-state index is 0.181. The van der Waals surface area contributed by atoms with Gasteiger partial charge >= 0.3 is 6.09 Å². The average molecular weight is 401 g/mol. The second kappa shape index (κ2) is 8.05. The van der Waals surface area contributed by atoms with Crippen LogP contribution in [0.15, 0.2) is 30.3 Å². The van der Waals surface area contributed by atoms with Crippen LogP contribution in [0.5, 0.6) is 0 Å². The van der Waals surface area contributed by atoms with Crippen LogP contribution >= 0.6 is 0 Å². The van der Waals surface area contributed by atoms with Gasteiger partial charge in [-0.05, 0) is 52.0 Å². The van der Waals surface area contributed by atoms with Crippen LogP contribution in [0.4, 0.5) is 4.79 Å².